The van der Waals surface area contributed by atoms with Gasteiger partial charge in [0.05, 0.1) is 7.11 Å². The molecule has 1 aromatic carbocycles. The van der Waals surface area contributed by atoms with Gasteiger partial charge in [-0.1, -0.05) is 0 Å². The molecule has 1 aromatic rings. The summed E-state index contributed by atoms with van der Waals surface area (Å²) in [7, 11) is 2.97. The fraction of sp³-hybridized carbons (Fsp3) is 0.385. The monoisotopic (exact) mass is 282 g/mol. The Balaban J connectivity index is 2.59. The Kier molecular flexibility index (Phi) is 6.31. The molecule has 0 fully saturated rings. The van der Waals surface area contributed by atoms with Crippen LogP contribution in [0.25, 0.3) is 0 Å². The number of amides is 2. The maximum atomic E-state index is 11.6. The van der Waals surface area contributed by atoms with Gasteiger partial charge in [0.2, 0.25) is 0 Å². The van der Waals surface area contributed by atoms with Gasteiger partial charge in [0, 0.05) is 32.0 Å². The molecule has 3 N–H and O–H groups in total. The van der Waals surface area contributed by atoms with E-state index in [1.165, 1.54) is 25.3 Å². The molecule has 0 unspecified atom stereocenters. The van der Waals surface area contributed by atoms with Crippen molar-refractivity contribution in [2.24, 2.45) is 0 Å². The predicted molar refractivity (Wildman–Crippen MR) is 73.5 cm³/mol. The zero-order chi connectivity index (χ0) is 15.0. The highest BCUT2D eigenvalue weighted by atomic mass is 16.5. The Labute approximate surface area is 116 Å². The summed E-state index contributed by atoms with van der Waals surface area (Å²) in [5, 5.41) is 14.2. The Morgan fingerprint density at radius 3 is 2.65 bits per heavy atom. The Morgan fingerprint density at radius 1 is 1.30 bits per heavy atom. The van der Waals surface area contributed by atoms with Crippen LogP contribution < -0.4 is 15.4 Å². The van der Waals surface area contributed by atoms with Gasteiger partial charge in [0.25, 0.3) is 0 Å². The van der Waals surface area contributed by atoms with Crippen molar-refractivity contribution < 1.29 is 24.2 Å². The van der Waals surface area contributed by atoms with Crippen molar-refractivity contribution >= 4 is 17.7 Å². The second-order valence-electron chi connectivity index (χ2n) is 3.95. The third-order valence-electron chi connectivity index (χ3n) is 2.50. The molecule has 7 nitrogen and oxygen atoms in total. The largest absolute Gasteiger partial charge is 0.496 e. The summed E-state index contributed by atoms with van der Waals surface area (Å²) >= 11 is 0. The molecule has 7 heteroatoms. The normalized spacial score (nSPS) is 9.90. The van der Waals surface area contributed by atoms with Crippen LogP contribution in [-0.4, -0.2) is 44.5 Å². The lowest BCUT2D eigenvalue weighted by atomic mass is 10.2. The minimum Gasteiger partial charge on any atom is -0.496 e. The lowest BCUT2D eigenvalue weighted by molar-refractivity contribution is 0.0693. The van der Waals surface area contributed by atoms with Crippen molar-refractivity contribution in [1.82, 2.24) is 5.32 Å². The van der Waals surface area contributed by atoms with Gasteiger partial charge in [0.1, 0.15) is 11.3 Å². The van der Waals surface area contributed by atoms with Crippen molar-refractivity contribution in [2.45, 2.75) is 6.42 Å². The van der Waals surface area contributed by atoms with Crippen LogP contribution in [0, 0.1) is 0 Å². The summed E-state index contributed by atoms with van der Waals surface area (Å²) in [5.74, 6) is -0.896. The van der Waals surface area contributed by atoms with E-state index < -0.39 is 5.97 Å². The number of methoxy groups -OCH3 is 2. The highest BCUT2D eigenvalue weighted by Gasteiger charge is 2.12. The first-order chi connectivity index (χ1) is 9.58. The smallest absolute Gasteiger partial charge is 0.339 e. The van der Waals surface area contributed by atoms with Crippen LogP contribution in [0.2, 0.25) is 0 Å². The molecule has 0 radical (unpaired) electrons. The number of carbonyl (C=O) groups is 2. The minimum absolute atomic E-state index is 0.0403. The molecule has 1 rings (SSSR count). The molecule has 0 heterocycles. The Bertz CT molecular complexity index is 476. The number of carboxylic acid groups (broad SMARTS) is 1. The summed E-state index contributed by atoms with van der Waals surface area (Å²) in [5.41, 5.74) is 0.495. The standard InChI is InChI=1S/C13H18N2O5/c1-19-7-3-6-14-13(18)15-9-4-5-10(12(16)17)11(8-9)20-2/h4-5,8H,3,6-7H2,1-2H3,(H,16,17)(H2,14,15,18). The van der Waals surface area contributed by atoms with Crippen LogP contribution >= 0.6 is 0 Å². The number of urea groups is 1. The van der Waals surface area contributed by atoms with Crippen molar-refractivity contribution in [3.8, 4) is 5.75 Å². The van der Waals surface area contributed by atoms with Crippen molar-refractivity contribution in [2.75, 3.05) is 32.7 Å². The van der Waals surface area contributed by atoms with Crippen molar-refractivity contribution in [3.63, 3.8) is 0 Å². The maximum Gasteiger partial charge on any atom is 0.339 e. The van der Waals surface area contributed by atoms with Crippen molar-refractivity contribution in [3.05, 3.63) is 23.8 Å². The number of anilines is 1. The number of ether oxygens (including phenoxy) is 2. The van der Waals surface area contributed by atoms with E-state index >= 15 is 0 Å². The highest BCUT2D eigenvalue weighted by molar-refractivity contribution is 5.94. The molecule has 0 aromatic heterocycles. The topological polar surface area (TPSA) is 96.9 Å². The lowest BCUT2D eigenvalue weighted by Crippen LogP contribution is -2.30. The summed E-state index contributed by atoms with van der Waals surface area (Å²) < 4.78 is 9.84. The second-order valence-corrected chi connectivity index (χ2v) is 3.95. The van der Waals surface area contributed by atoms with E-state index in [1.807, 2.05) is 0 Å². The maximum absolute atomic E-state index is 11.6. The molecular weight excluding hydrogens is 264 g/mol. The van der Waals surface area contributed by atoms with Gasteiger partial charge in [-0.15, -0.1) is 0 Å². The number of hydrogen-bond donors (Lipinski definition) is 3. The molecule has 2 amide bonds. The molecule has 0 saturated heterocycles. The van der Waals surface area contributed by atoms with E-state index in [1.54, 1.807) is 7.11 Å². The van der Waals surface area contributed by atoms with E-state index in [2.05, 4.69) is 10.6 Å². The number of nitrogens with one attached hydrogen (secondary N) is 2. The van der Waals surface area contributed by atoms with Crippen LogP contribution in [0.5, 0.6) is 5.75 Å². The summed E-state index contributed by atoms with van der Waals surface area (Å²) in [6.07, 6.45) is 0.713. The van der Waals surface area contributed by atoms with Gasteiger partial charge in [-0.25, -0.2) is 9.59 Å². The van der Waals surface area contributed by atoms with Gasteiger partial charge >= 0.3 is 12.0 Å². The zero-order valence-corrected chi connectivity index (χ0v) is 11.4. The minimum atomic E-state index is -1.09. The van der Waals surface area contributed by atoms with E-state index in [0.29, 0.717) is 25.3 Å². The Morgan fingerprint density at radius 2 is 2.05 bits per heavy atom. The van der Waals surface area contributed by atoms with Gasteiger partial charge in [-0.05, 0) is 18.6 Å². The van der Waals surface area contributed by atoms with Crippen LogP contribution in [-0.2, 0) is 4.74 Å². The van der Waals surface area contributed by atoms with Gasteiger partial charge in [0.15, 0.2) is 0 Å². The summed E-state index contributed by atoms with van der Waals surface area (Å²) in [4.78, 5) is 22.5. The molecule has 0 aliphatic rings. The van der Waals surface area contributed by atoms with Crippen molar-refractivity contribution in [1.29, 1.82) is 0 Å². The lowest BCUT2D eigenvalue weighted by Gasteiger charge is -2.10. The van der Waals surface area contributed by atoms with E-state index in [4.69, 9.17) is 14.6 Å². The number of rotatable bonds is 7. The molecule has 110 valence electrons. The first kappa shape index (κ1) is 15.8. The van der Waals surface area contributed by atoms with Crippen LogP contribution in [0.4, 0.5) is 10.5 Å². The zero-order valence-electron chi connectivity index (χ0n) is 11.4. The fourth-order valence-electron chi connectivity index (χ4n) is 1.54. The first-order valence-electron chi connectivity index (χ1n) is 6.03. The number of carbonyl (C=O) groups excluding carboxylic acids is 1. The average Bonchev–Trinajstić information content (AvgIpc) is 2.43. The highest BCUT2D eigenvalue weighted by Crippen LogP contribution is 2.23. The summed E-state index contributed by atoms with van der Waals surface area (Å²) in [6, 6.07) is 3.96. The Hall–Kier alpha value is -2.28. The van der Waals surface area contributed by atoms with Crippen LogP contribution in [0.1, 0.15) is 16.8 Å². The number of hydrogen-bond acceptors (Lipinski definition) is 4. The molecule has 0 bridgehead atoms. The number of aromatic carboxylic acids is 1. The van der Waals surface area contributed by atoms with E-state index in [-0.39, 0.29) is 17.3 Å². The van der Waals surface area contributed by atoms with E-state index in [9.17, 15) is 9.59 Å². The van der Waals surface area contributed by atoms with Gasteiger partial charge in [-0.3, -0.25) is 0 Å². The number of benzene rings is 1. The van der Waals surface area contributed by atoms with Gasteiger partial charge in [-0.2, -0.15) is 0 Å². The van der Waals surface area contributed by atoms with E-state index in [0.717, 1.165) is 0 Å². The fourth-order valence-corrected chi connectivity index (χ4v) is 1.54. The number of carboxylic acids is 1. The van der Waals surface area contributed by atoms with Gasteiger partial charge < -0.3 is 25.2 Å². The first-order valence-corrected chi connectivity index (χ1v) is 6.03. The molecule has 0 spiro atoms. The molecule has 20 heavy (non-hydrogen) atoms. The third-order valence-corrected chi connectivity index (χ3v) is 2.50. The molecular formula is C13H18N2O5. The van der Waals surface area contributed by atoms with Crippen LogP contribution in [0.3, 0.4) is 0 Å². The SMILES string of the molecule is COCCCNC(=O)Nc1ccc(C(=O)O)c(OC)c1. The second kappa shape index (κ2) is 8.00. The third kappa shape index (κ3) is 4.77. The molecule has 0 aliphatic carbocycles. The van der Waals surface area contributed by atoms with Crippen LogP contribution in [0.15, 0.2) is 18.2 Å². The quantitative estimate of drug-likeness (QED) is 0.659. The summed E-state index contributed by atoms with van der Waals surface area (Å²) in [6.45, 7) is 1.06. The molecule has 0 atom stereocenters. The predicted octanol–water partition coefficient (Wildman–Crippen LogP) is 1.55. The molecule has 0 saturated carbocycles. The average molecular weight is 282 g/mol. The molecule has 0 aliphatic heterocycles.